The van der Waals surface area contributed by atoms with Crippen LogP contribution in [0.4, 0.5) is 23.5 Å². The van der Waals surface area contributed by atoms with Gasteiger partial charge in [0.25, 0.3) is 11.8 Å². The summed E-state index contributed by atoms with van der Waals surface area (Å²) >= 11 is 0. The van der Waals surface area contributed by atoms with E-state index in [1.807, 2.05) is 18.2 Å². The maximum absolute atomic E-state index is 12.6. The highest BCUT2D eigenvalue weighted by Crippen LogP contribution is 2.22. The Labute approximate surface area is 310 Å². The summed E-state index contributed by atoms with van der Waals surface area (Å²) in [4.78, 5) is 41.2. The number of benzene rings is 2. The second-order valence-electron chi connectivity index (χ2n) is 12.0. The van der Waals surface area contributed by atoms with Crippen molar-refractivity contribution in [3.63, 3.8) is 0 Å². The molecule has 0 atom stereocenters. The molecule has 1 heterocycles. The number of carbonyl (C=O) groups excluding carboxylic acids is 2. The van der Waals surface area contributed by atoms with E-state index in [2.05, 4.69) is 51.6 Å². The Kier molecular flexibility index (Phi) is 19.2. The number of rotatable bonds is 25. The van der Waals surface area contributed by atoms with E-state index in [-0.39, 0.29) is 18.4 Å². The highest BCUT2D eigenvalue weighted by molar-refractivity contribution is 5.94. The third kappa shape index (κ3) is 16.9. The normalized spacial score (nSPS) is 13.0. The second kappa shape index (κ2) is 25.0. The molecule has 0 saturated heterocycles. The van der Waals surface area contributed by atoms with Crippen LogP contribution in [0.1, 0.15) is 59.2 Å². The van der Waals surface area contributed by atoms with E-state index in [9.17, 15) is 9.59 Å². The lowest BCUT2D eigenvalue weighted by Gasteiger charge is -2.17. The van der Waals surface area contributed by atoms with Gasteiger partial charge in [-0.2, -0.15) is 15.0 Å². The number of ether oxygens (including phenoxy) is 4. The van der Waals surface area contributed by atoms with E-state index in [4.69, 9.17) is 24.5 Å². The number of nitrogens with zero attached hydrogens (tertiary/aromatic N) is 6. The number of nitrogens with one attached hydrogen (secondary N) is 5. The van der Waals surface area contributed by atoms with E-state index < -0.39 is 0 Å². The highest BCUT2D eigenvalue weighted by Gasteiger charge is 2.15. The van der Waals surface area contributed by atoms with E-state index in [0.717, 1.165) is 12.8 Å². The number of hydrogen-bond donors (Lipinski definition) is 5. The first kappa shape index (κ1) is 40.7. The summed E-state index contributed by atoms with van der Waals surface area (Å²) in [7, 11) is 0. The van der Waals surface area contributed by atoms with Gasteiger partial charge in [-0.3, -0.25) is 9.59 Å². The standard InChI is InChI=1S/C36H51N11O6/c37-47-41-19-23-53-27-26-51-21-17-39-33(49)29-12-14-31(15-13-29)43-36-45-34(44-35(46-36)42-30-10-6-1-2-7-11-30)40-18-22-52-25-24-50-20-16-38-32(48)28-8-4-3-5-9-28/h3-5,8-9,12-15,30H,1-2,6-7,10-11,16-27H2,(H,38,48)(H,39,49)(H3,40,42,43,44,45,46). The van der Waals surface area contributed by atoms with Gasteiger partial charge in [-0.1, -0.05) is 49.0 Å². The summed E-state index contributed by atoms with van der Waals surface area (Å²) in [6, 6.07) is 16.4. The molecule has 1 aromatic heterocycles. The molecular formula is C36H51N11O6. The van der Waals surface area contributed by atoms with Crippen molar-refractivity contribution < 1.29 is 28.5 Å². The molecule has 0 spiro atoms. The lowest BCUT2D eigenvalue weighted by molar-refractivity contribution is 0.0511. The summed E-state index contributed by atoms with van der Waals surface area (Å²) < 4.78 is 22.0. The van der Waals surface area contributed by atoms with Crippen LogP contribution in [-0.2, 0) is 18.9 Å². The fourth-order valence-corrected chi connectivity index (χ4v) is 5.31. The Hall–Kier alpha value is -5.06. The zero-order chi connectivity index (χ0) is 37.2. The summed E-state index contributed by atoms with van der Waals surface area (Å²) in [5, 5.41) is 19.0. The van der Waals surface area contributed by atoms with E-state index in [1.165, 1.54) is 25.7 Å². The van der Waals surface area contributed by atoms with Gasteiger partial charge in [0.05, 0.1) is 52.9 Å². The third-order valence-electron chi connectivity index (χ3n) is 8.00. The number of aromatic nitrogens is 3. The Morgan fingerprint density at radius 2 is 1.21 bits per heavy atom. The van der Waals surface area contributed by atoms with Gasteiger partial charge in [-0.05, 0) is 54.8 Å². The van der Waals surface area contributed by atoms with Crippen molar-refractivity contribution in [3.05, 3.63) is 76.2 Å². The number of anilines is 4. The summed E-state index contributed by atoms with van der Waals surface area (Å²) in [5.41, 5.74) is 10.1. The molecule has 4 rings (SSSR count). The lowest BCUT2D eigenvalue weighted by Crippen LogP contribution is -2.27. The summed E-state index contributed by atoms with van der Waals surface area (Å²) in [6.45, 7) is 4.59. The molecule has 0 unspecified atom stereocenters. The smallest absolute Gasteiger partial charge is 0.251 e. The monoisotopic (exact) mass is 733 g/mol. The van der Waals surface area contributed by atoms with Crippen molar-refractivity contribution in [1.29, 1.82) is 0 Å². The molecule has 286 valence electrons. The Morgan fingerprint density at radius 1 is 0.660 bits per heavy atom. The van der Waals surface area contributed by atoms with Crippen LogP contribution in [0.15, 0.2) is 59.7 Å². The van der Waals surface area contributed by atoms with Gasteiger partial charge in [-0.15, -0.1) is 0 Å². The topological polar surface area (TPSA) is 219 Å². The molecule has 17 nitrogen and oxygen atoms in total. The van der Waals surface area contributed by atoms with Crippen molar-refractivity contribution in [2.75, 3.05) is 95.0 Å². The maximum atomic E-state index is 12.6. The average molecular weight is 734 g/mol. The number of amides is 2. The predicted molar refractivity (Wildman–Crippen MR) is 202 cm³/mol. The van der Waals surface area contributed by atoms with Crippen LogP contribution in [0.5, 0.6) is 0 Å². The molecule has 0 aliphatic heterocycles. The van der Waals surface area contributed by atoms with Crippen molar-refractivity contribution in [3.8, 4) is 0 Å². The zero-order valence-corrected chi connectivity index (χ0v) is 30.1. The minimum atomic E-state index is -0.214. The molecule has 1 saturated carbocycles. The van der Waals surface area contributed by atoms with Crippen LogP contribution in [0, 0.1) is 0 Å². The highest BCUT2D eigenvalue weighted by atomic mass is 16.5. The van der Waals surface area contributed by atoms with Gasteiger partial charge in [-0.25, -0.2) is 0 Å². The SMILES string of the molecule is [N-]=[N+]=NCCOCCOCCNC(=O)c1ccc(Nc2nc(NCCOCCOCCNC(=O)c3ccccc3)nc(NC3CCCCCC3)n2)cc1. The third-order valence-corrected chi connectivity index (χ3v) is 8.00. The number of carbonyl (C=O) groups is 2. The Morgan fingerprint density at radius 3 is 1.83 bits per heavy atom. The molecule has 1 aliphatic carbocycles. The first-order valence-corrected chi connectivity index (χ1v) is 18.2. The average Bonchev–Trinajstić information content (AvgIpc) is 3.45. The van der Waals surface area contributed by atoms with Crippen LogP contribution in [0.2, 0.25) is 0 Å². The Bertz CT molecular complexity index is 1540. The molecular weight excluding hydrogens is 682 g/mol. The van der Waals surface area contributed by atoms with Gasteiger partial charge < -0.3 is 45.5 Å². The fraction of sp³-hybridized carbons (Fsp3) is 0.528. The van der Waals surface area contributed by atoms with Crippen molar-refractivity contribution >= 4 is 35.3 Å². The molecule has 1 fully saturated rings. The van der Waals surface area contributed by atoms with E-state index in [0.29, 0.717) is 113 Å². The quantitative estimate of drug-likeness (QED) is 0.0263. The van der Waals surface area contributed by atoms with Crippen molar-refractivity contribution in [2.24, 2.45) is 5.11 Å². The van der Waals surface area contributed by atoms with Gasteiger partial charge >= 0.3 is 0 Å². The molecule has 53 heavy (non-hydrogen) atoms. The van der Waals surface area contributed by atoms with Crippen LogP contribution < -0.4 is 26.6 Å². The fourth-order valence-electron chi connectivity index (χ4n) is 5.31. The van der Waals surface area contributed by atoms with Crippen LogP contribution in [0.3, 0.4) is 0 Å². The van der Waals surface area contributed by atoms with Gasteiger partial charge in [0.1, 0.15) is 0 Å². The molecule has 0 bridgehead atoms. The minimum Gasteiger partial charge on any atom is -0.379 e. The molecule has 5 N–H and O–H groups in total. The molecule has 2 aromatic carbocycles. The van der Waals surface area contributed by atoms with Gasteiger partial charge in [0.15, 0.2) is 0 Å². The first-order chi connectivity index (χ1) is 26.1. The first-order valence-electron chi connectivity index (χ1n) is 18.2. The summed E-state index contributed by atoms with van der Waals surface area (Å²) in [5.74, 6) is 0.921. The zero-order valence-electron chi connectivity index (χ0n) is 30.1. The van der Waals surface area contributed by atoms with Crippen LogP contribution >= 0.6 is 0 Å². The second-order valence-corrected chi connectivity index (χ2v) is 12.0. The predicted octanol–water partition coefficient (Wildman–Crippen LogP) is 4.70. The van der Waals surface area contributed by atoms with Crippen molar-refractivity contribution in [2.45, 2.75) is 44.6 Å². The molecule has 17 heteroatoms. The molecule has 2 amide bonds. The Balaban J connectivity index is 1.18. The largest absolute Gasteiger partial charge is 0.379 e. The van der Waals surface area contributed by atoms with Gasteiger partial charge in [0.2, 0.25) is 17.8 Å². The van der Waals surface area contributed by atoms with Crippen molar-refractivity contribution in [1.82, 2.24) is 25.6 Å². The molecule has 1 aliphatic rings. The van der Waals surface area contributed by atoms with E-state index in [1.54, 1.807) is 36.4 Å². The number of hydrogen-bond acceptors (Lipinski definition) is 13. The summed E-state index contributed by atoms with van der Waals surface area (Å²) in [6.07, 6.45) is 6.96. The molecule has 3 aromatic rings. The van der Waals surface area contributed by atoms with E-state index >= 15 is 0 Å². The molecule has 0 radical (unpaired) electrons. The van der Waals surface area contributed by atoms with Crippen LogP contribution in [-0.4, -0.2) is 112 Å². The lowest BCUT2D eigenvalue weighted by atomic mass is 10.1. The number of azide groups is 1. The maximum Gasteiger partial charge on any atom is 0.251 e. The minimum absolute atomic E-state index is 0.127. The van der Waals surface area contributed by atoms with Crippen LogP contribution in [0.25, 0.3) is 10.4 Å². The van der Waals surface area contributed by atoms with Gasteiger partial charge in [0, 0.05) is 53.9 Å².